The zero-order valence-electron chi connectivity index (χ0n) is 15.6. The first-order valence-corrected chi connectivity index (χ1v) is 9.67. The Kier molecular flexibility index (Phi) is 6.23. The SMILES string of the molecule is NC(=O)C1(NC(=O)C2CCN(c3ncc(C(F)(F)F)cc3Cl)CC2)CCCOC1. The van der Waals surface area contributed by atoms with Crippen LogP contribution in [0.25, 0.3) is 0 Å². The van der Waals surface area contributed by atoms with Gasteiger partial charge in [-0.25, -0.2) is 4.98 Å². The summed E-state index contributed by atoms with van der Waals surface area (Å²) in [5.41, 5.74) is 3.39. The largest absolute Gasteiger partial charge is 0.417 e. The molecule has 2 aliphatic heterocycles. The predicted octanol–water partition coefficient (Wildman–Crippen LogP) is 2.12. The minimum Gasteiger partial charge on any atom is -0.378 e. The number of piperidine rings is 1. The molecule has 2 saturated heterocycles. The summed E-state index contributed by atoms with van der Waals surface area (Å²) in [6.45, 7) is 1.37. The van der Waals surface area contributed by atoms with Crippen LogP contribution in [0.15, 0.2) is 12.3 Å². The van der Waals surface area contributed by atoms with Gasteiger partial charge in [-0.1, -0.05) is 11.6 Å². The first-order chi connectivity index (χ1) is 13.6. The van der Waals surface area contributed by atoms with Crippen molar-refractivity contribution < 1.29 is 27.5 Å². The third-order valence-corrected chi connectivity index (χ3v) is 5.67. The number of ether oxygens (including phenoxy) is 1. The summed E-state index contributed by atoms with van der Waals surface area (Å²) < 4.78 is 43.6. The number of carbonyl (C=O) groups excluding carboxylic acids is 2. The van der Waals surface area contributed by atoms with Crippen LogP contribution in [0.1, 0.15) is 31.2 Å². The quantitative estimate of drug-likeness (QED) is 0.756. The maximum Gasteiger partial charge on any atom is 0.417 e. The van der Waals surface area contributed by atoms with Crippen LogP contribution in [-0.4, -0.2) is 48.6 Å². The number of aromatic nitrogens is 1. The number of halogens is 4. The summed E-state index contributed by atoms with van der Waals surface area (Å²) in [6, 6.07) is 0.850. The summed E-state index contributed by atoms with van der Waals surface area (Å²) in [4.78, 5) is 30.2. The molecule has 1 aromatic heterocycles. The monoisotopic (exact) mass is 434 g/mol. The van der Waals surface area contributed by atoms with Crippen molar-refractivity contribution in [2.24, 2.45) is 11.7 Å². The number of primary amides is 1. The molecule has 3 rings (SSSR count). The summed E-state index contributed by atoms with van der Waals surface area (Å²) in [5.74, 6) is -0.991. The molecule has 0 spiro atoms. The third-order valence-electron chi connectivity index (χ3n) is 5.39. The second-order valence-electron chi connectivity index (χ2n) is 7.38. The Balaban J connectivity index is 1.61. The fourth-order valence-corrected chi connectivity index (χ4v) is 3.94. The van der Waals surface area contributed by atoms with Gasteiger partial charge in [-0.05, 0) is 31.7 Å². The maximum absolute atomic E-state index is 12.8. The molecule has 0 radical (unpaired) electrons. The normalized spacial score (nSPS) is 23.7. The van der Waals surface area contributed by atoms with Crippen molar-refractivity contribution >= 4 is 29.2 Å². The minimum absolute atomic E-state index is 0.0536. The smallest absolute Gasteiger partial charge is 0.378 e. The van der Waals surface area contributed by atoms with Crippen molar-refractivity contribution in [2.45, 2.75) is 37.4 Å². The number of nitrogens with two attached hydrogens (primary N) is 1. The van der Waals surface area contributed by atoms with E-state index in [1.165, 1.54) is 0 Å². The molecule has 2 amide bonds. The van der Waals surface area contributed by atoms with Crippen molar-refractivity contribution in [2.75, 3.05) is 31.2 Å². The fourth-order valence-electron chi connectivity index (χ4n) is 3.66. The van der Waals surface area contributed by atoms with E-state index in [0.717, 1.165) is 12.3 Å². The van der Waals surface area contributed by atoms with E-state index < -0.39 is 23.2 Å². The minimum atomic E-state index is -4.51. The van der Waals surface area contributed by atoms with Gasteiger partial charge in [0.25, 0.3) is 0 Å². The Hall–Kier alpha value is -2.07. The van der Waals surface area contributed by atoms with E-state index >= 15 is 0 Å². The van der Waals surface area contributed by atoms with Gasteiger partial charge in [-0.15, -0.1) is 0 Å². The van der Waals surface area contributed by atoms with Gasteiger partial charge in [-0.3, -0.25) is 9.59 Å². The number of hydrogen-bond acceptors (Lipinski definition) is 5. The number of anilines is 1. The summed E-state index contributed by atoms with van der Waals surface area (Å²) in [7, 11) is 0. The van der Waals surface area contributed by atoms with Crippen molar-refractivity contribution in [3.05, 3.63) is 22.8 Å². The molecule has 1 atom stereocenters. The fraction of sp³-hybridized carbons (Fsp3) is 0.611. The molecule has 11 heteroatoms. The van der Waals surface area contributed by atoms with Crippen LogP contribution in [0, 0.1) is 5.92 Å². The number of nitrogens with zero attached hydrogens (tertiary/aromatic N) is 2. The zero-order valence-corrected chi connectivity index (χ0v) is 16.4. The number of carbonyl (C=O) groups is 2. The molecule has 0 saturated carbocycles. The lowest BCUT2D eigenvalue weighted by molar-refractivity contribution is -0.139. The second kappa shape index (κ2) is 8.35. The highest BCUT2D eigenvalue weighted by Crippen LogP contribution is 2.34. The molecule has 0 aromatic carbocycles. The number of hydrogen-bond donors (Lipinski definition) is 2. The highest BCUT2D eigenvalue weighted by atomic mass is 35.5. The van der Waals surface area contributed by atoms with E-state index in [9.17, 15) is 22.8 Å². The lowest BCUT2D eigenvalue weighted by atomic mass is 9.89. The Morgan fingerprint density at radius 3 is 2.55 bits per heavy atom. The van der Waals surface area contributed by atoms with Crippen molar-refractivity contribution in [3.8, 4) is 0 Å². The molecule has 2 fully saturated rings. The Bertz CT molecular complexity index is 776. The molecule has 3 N–H and O–H groups in total. The summed E-state index contributed by atoms with van der Waals surface area (Å²) >= 11 is 6.00. The third kappa shape index (κ3) is 4.75. The molecule has 3 heterocycles. The molecule has 160 valence electrons. The van der Waals surface area contributed by atoms with E-state index in [4.69, 9.17) is 22.1 Å². The molecule has 1 aromatic rings. The highest BCUT2D eigenvalue weighted by molar-refractivity contribution is 6.33. The topological polar surface area (TPSA) is 97.5 Å². The van der Waals surface area contributed by atoms with E-state index in [1.807, 2.05) is 0 Å². The van der Waals surface area contributed by atoms with E-state index in [1.54, 1.807) is 4.90 Å². The van der Waals surface area contributed by atoms with E-state index in [-0.39, 0.29) is 29.3 Å². The van der Waals surface area contributed by atoms with Crippen LogP contribution < -0.4 is 16.0 Å². The Labute approximate surface area is 170 Å². The first-order valence-electron chi connectivity index (χ1n) is 9.30. The van der Waals surface area contributed by atoms with Gasteiger partial charge in [0.05, 0.1) is 17.2 Å². The Morgan fingerprint density at radius 2 is 2.03 bits per heavy atom. The highest BCUT2D eigenvalue weighted by Gasteiger charge is 2.42. The average molecular weight is 435 g/mol. The van der Waals surface area contributed by atoms with Crippen LogP contribution in [0.2, 0.25) is 5.02 Å². The molecule has 1 unspecified atom stereocenters. The number of amides is 2. The van der Waals surface area contributed by atoms with Gasteiger partial charge in [0.2, 0.25) is 11.8 Å². The molecule has 29 heavy (non-hydrogen) atoms. The van der Waals surface area contributed by atoms with Crippen molar-refractivity contribution in [3.63, 3.8) is 0 Å². The van der Waals surface area contributed by atoms with Gasteiger partial charge in [0.1, 0.15) is 11.4 Å². The van der Waals surface area contributed by atoms with Gasteiger partial charge < -0.3 is 20.7 Å². The summed E-state index contributed by atoms with van der Waals surface area (Å²) in [5, 5.41) is 2.68. The lowest BCUT2D eigenvalue weighted by Gasteiger charge is -2.38. The molecular weight excluding hydrogens is 413 g/mol. The van der Waals surface area contributed by atoms with Crippen LogP contribution in [0.4, 0.5) is 19.0 Å². The number of rotatable bonds is 4. The van der Waals surface area contributed by atoms with Crippen LogP contribution >= 0.6 is 11.6 Å². The van der Waals surface area contributed by atoms with Crippen LogP contribution in [-0.2, 0) is 20.5 Å². The van der Waals surface area contributed by atoms with Crippen molar-refractivity contribution in [1.82, 2.24) is 10.3 Å². The molecular formula is C18H22ClF3N4O3. The zero-order chi connectivity index (χ0) is 21.2. The number of alkyl halides is 3. The van der Waals surface area contributed by atoms with Gasteiger partial charge in [-0.2, -0.15) is 13.2 Å². The summed E-state index contributed by atoms with van der Waals surface area (Å²) in [6.07, 6.45) is -1.82. The van der Waals surface area contributed by atoms with E-state index in [2.05, 4.69) is 10.3 Å². The van der Waals surface area contributed by atoms with Gasteiger partial charge in [0, 0.05) is 31.8 Å². The average Bonchev–Trinajstić information content (AvgIpc) is 2.68. The van der Waals surface area contributed by atoms with Gasteiger partial charge >= 0.3 is 6.18 Å². The van der Waals surface area contributed by atoms with Gasteiger partial charge in [0.15, 0.2) is 0 Å². The Morgan fingerprint density at radius 1 is 1.34 bits per heavy atom. The molecule has 0 bridgehead atoms. The number of nitrogens with one attached hydrogen (secondary N) is 1. The first kappa shape index (κ1) is 21.6. The van der Waals surface area contributed by atoms with Crippen LogP contribution in [0.5, 0.6) is 0 Å². The van der Waals surface area contributed by atoms with Crippen molar-refractivity contribution in [1.29, 1.82) is 0 Å². The molecule has 0 aliphatic carbocycles. The van der Waals surface area contributed by atoms with E-state index in [0.29, 0.717) is 45.4 Å². The standard InChI is InChI=1S/C18H22ClF3N4O3/c19-13-8-12(18(20,21)22)9-24-14(13)26-5-2-11(3-6-26)15(27)25-17(16(23)28)4-1-7-29-10-17/h8-9,11H,1-7,10H2,(H2,23,28)(H,25,27). The van der Waals surface area contributed by atoms with Crippen LogP contribution in [0.3, 0.4) is 0 Å². The molecule has 2 aliphatic rings. The second-order valence-corrected chi connectivity index (χ2v) is 7.79. The predicted molar refractivity (Wildman–Crippen MR) is 99.3 cm³/mol. The maximum atomic E-state index is 12.8. The number of pyridine rings is 1. The molecule has 7 nitrogen and oxygen atoms in total. The lowest BCUT2D eigenvalue weighted by Crippen LogP contribution is -2.63.